The molecule has 1 aromatic carbocycles. The molecule has 0 amide bonds. The lowest BCUT2D eigenvalue weighted by atomic mass is 10.0. The van der Waals surface area contributed by atoms with Gasteiger partial charge >= 0.3 is 0 Å². The van der Waals surface area contributed by atoms with Gasteiger partial charge in [0.2, 0.25) is 0 Å². The summed E-state index contributed by atoms with van der Waals surface area (Å²) in [5, 5.41) is 11.2. The number of pyridine rings is 1. The molecule has 170 valence electrons. The van der Waals surface area contributed by atoms with Gasteiger partial charge in [0.25, 0.3) is 12.0 Å². The van der Waals surface area contributed by atoms with Crippen molar-refractivity contribution in [1.82, 2.24) is 14.8 Å². The number of nitrogens with zero attached hydrogens (tertiary/aromatic N) is 3. The minimum absolute atomic E-state index is 0.0797. The second-order valence-electron chi connectivity index (χ2n) is 7.85. The first kappa shape index (κ1) is 22.1. The van der Waals surface area contributed by atoms with Gasteiger partial charge in [-0.05, 0) is 25.8 Å². The standard InChI is InChI=1S/C22H24F3N5O2/c1-12(15-4-3-5-16(18(15)23)20(24)25)27-21-17-10-14(28-13-6-8-32-9-7-13)11-26-19(17)22(31)30(2)29-21/h3-5,10-13,20,28H,6-9H2,1-2H3,(H,27,29)/t12-/m1/s1. The van der Waals surface area contributed by atoms with Crippen molar-refractivity contribution in [3.8, 4) is 0 Å². The highest BCUT2D eigenvalue weighted by atomic mass is 19.3. The Morgan fingerprint density at radius 3 is 2.66 bits per heavy atom. The zero-order chi connectivity index (χ0) is 22.8. The number of fused-ring (bicyclic) bond motifs is 1. The average Bonchev–Trinajstić information content (AvgIpc) is 2.78. The fraction of sp³-hybridized carbons (Fsp3) is 0.409. The molecule has 0 unspecified atom stereocenters. The molecule has 0 spiro atoms. The van der Waals surface area contributed by atoms with Gasteiger partial charge in [-0.3, -0.25) is 4.79 Å². The highest BCUT2D eigenvalue weighted by molar-refractivity contribution is 5.90. The van der Waals surface area contributed by atoms with Crippen LogP contribution in [0.1, 0.15) is 43.4 Å². The van der Waals surface area contributed by atoms with Gasteiger partial charge < -0.3 is 15.4 Å². The Bertz CT molecular complexity index is 1180. The summed E-state index contributed by atoms with van der Waals surface area (Å²) in [5.74, 6) is -0.656. The van der Waals surface area contributed by atoms with Crippen LogP contribution in [0.5, 0.6) is 0 Å². The third-order valence-corrected chi connectivity index (χ3v) is 5.59. The third-order valence-electron chi connectivity index (χ3n) is 5.59. The molecule has 10 heteroatoms. The minimum Gasteiger partial charge on any atom is -0.381 e. The lowest BCUT2D eigenvalue weighted by Gasteiger charge is -2.24. The summed E-state index contributed by atoms with van der Waals surface area (Å²) in [6.07, 6.45) is 0.392. The second-order valence-corrected chi connectivity index (χ2v) is 7.85. The molecule has 0 saturated carbocycles. The lowest BCUT2D eigenvalue weighted by Crippen LogP contribution is -2.28. The topological polar surface area (TPSA) is 81.1 Å². The summed E-state index contributed by atoms with van der Waals surface area (Å²) in [5.41, 5.74) is -0.0191. The van der Waals surface area contributed by atoms with E-state index in [-0.39, 0.29) is 22.7 Å². The highest BCUT2D eigenvalue weighted by Crippen LogP contribution is 2.30. The molecule has 7 nitrogen and oxygen atoms in total. The van der Waals surface area contributed by atoms with Crippen molar-refractivity contribution in [3.05, 3.63) is 57.8 Å². The van der Waals surface area contributed by atoms with E-state index >= 15 is 0 Å². The third kappa shape index (κ3) is 4.40. The second kappa shape index (κ2) is 9.15. The first-order valence-corrected chi connectivity index (χ1v) is 10.4. The predicted octanol–water partition coefficient (Wildman–Crippen LogP) is 4.17. The zero-order valence-corrected chi connectivity index (χ0v) is 17.7. The van der Waals surface area contributed by atoms with Crippen LogP contribution in [0, 0.1) is 5.82 Å². The van der Waals surface area contributed by atoms with Crippen LogP contribution in [0.3, 0.4) is 0 Å². The smallest absolute Gasteiger partial charge is 0.293 e. The van der Waals surface area contributed by atoms with Crippen LogP contribution < -0.4 is 16.2 Å². The molecule has 2 N–H and O–H groups in total. The molecule has 3 aromatic rings. The number of alkyl halides is 2. The van der Waals surface area contributed by atoms with Crippen molar-refractivity contribution >= 4 is 22.4 Å². The number of anilines is 2. The van der Waals surface area contributed by atoms with Crippen molar-refractivity contribution < 1.29 is 17.9 Å². The Balaban J connectivity index is 1.69. The molecule has 3 heterocycles. The molecular weight excluding hydrogens is 423 g/mol. The Hall–Kier alpha value is -3.14. The van der Waals surface area contributed by atoms with E-state index in [4.69, 9.17) is 4.74 Å². The van der Waals surface area contributed by atoms with Gasteiger partial charge in [-0.15, -0.1) is 0 Å². The molecule has 0 radical (unpaired) electrons. The van der Waals surface area contributed by atoms with E-state index in [9.17, 15) is 18.0 Å². The molecule has 1 aliphatic heterocycles. The number of halogens is 3. The fourth-order valence-electron chi connectivity index (χ4n) is 3.84. The molecule has 1 aliphatic rings. The summed E-state index contributed by atoms with van der Waals surface area (Å²) >= 11 is 0. The largest absolute Gasteiger partial charge is 0.381 e. The average molecular weight is 447 g/mol. The van der Waals surface area contributed by atoms with Gasteiger partial charge in [0, 0.05) is 31.9 Å². The van der Waals surface area contributed by atoms with Crippen LogP contribution >= 0.6 is 0 Å². The van der Waals surface area contributed by atoms with E-state index < -0.39 is 23.8 Å². The maximum absolute atomic E-state index is 14.6. The minimum atomic E-state index is -2.92. The number of aryl methyl sites for hydroxylation is 1. The zero-order valence-electron chi connectivity index (χ0n) is 17.7. The van der Waals surface area contributed by atoms with Crippen molar-refractivity contribution in [3.63, 3.8) is 0 Å². The Morgan fingerprint density at radius 1 is 1.22 bits per heavy atom. The number of aromatic nitrogens is 3. The van der Waals surface area contributed by atoms with Crippen LogP contribution in [-0.4, -0.2) is 34.0 Å². The van der Waals surface area contributed by atoms with Crippen LogP contribution in [0.15, 0.2) is 35.3 Å². The summed E-state index contributed by atoms with van der Waals surface area (Å²) in [7, 11) is 1.49. The highest BCUT2D eigenvalue weighted by Gasteiger charge is 2.21. The molecule has 0 bridgehead atoms. The molecule has 1 saturated heterocycles. The molecule has 2 aromatic heterocycles. The van der Waals surface area contributed by atoms with Gasteiger partial charge in [0.15, 0.2) is 5.82 Å². The van der Waals surface area contributed by atoms with Crippen molar-refractivity contribution in [2.45, 2.75) is 38.3 Å². The number of hydrogen-bond donors (Lipinski definition) is 2. The maximum Gasteiger partial charge on any atom is 0.293 e. The van der Waals surface area contributed by atoms with E-state index in [0.29, 0.717) is 24.4 Å². The number of rotatable bonds is 6. The van der Waals surface area contributed by atoms with Gasteiger partial charge in [-0.2, -0.15) is 5.10 Å². The molecule has 1 atom stereocenters. The normalized spacial score (nSPS) is 15.8. The van der Waals surface area contributed by atoms with E-state index in [2.05, 4.69) is 20.7 Å². The van der Waals surface area contributed by atoms with Crippen LogP contribution in [-0.2, 0) is 11.8 Å². The number of nitrogens with one attached hydrogen (secondary N) is 2. The lowest BCUT2D eigenvalue weighted by molar-refractivity contribution is 0.0904. The van der Waals surface area contributed by atoms with Gasteiger partial charge in [-0.1, -0.05) is 18.2 Å². The van der Waals surface area contributed by atoms with E-state index in [0.717, 1.165) is 29.3 Å². The van der Waals surface area contributed by atoms with Gasteiger partial charge in [-0.25, -0.2) is 22.8 Å². The van der Waals surface area contributed by atoms with Crippen molar-refractivity contribution in [2.75, 3.05) is 23.8 Å². The van der Waals surface area contributed by atoms with Crippen molar-refractivity contribution in [2.24, 2.45) is 7.05 Å². The number of hydrogen-bond acceptors (Lipinski definition) is 6. The van der Waals surface area contributed by atoms with Crippen LogP contribution in [0.2, 0.25) is 0 Å². The van der Waals surface area contributed by atoms with E-state index in [1.807, 2.05) is 0 Å². The molecule has 4 rings (SSSR count). The first-order chi connectivity index (χ1) is 15.3. The summed E-state index contributed by atoms with van der Waals surface area (Å²) in [6.45, 7) is 2.99. The van der Waals surface area contributed by atoms with E-state index in [1.54, 1.807) is 19.2 Å². The SMILES string of the molecule is C[C@@H](Nc1nn(C)c(=O)c2ncc(NC3CCOCC3)cc12)c1cccc(C(F)F)c1F. The van der Waals surface area contributed by atoms with Crippen LogP contribution in [0.25, 0.3) is 10.9 Å². The summed E-state index contributed by atoms with van der Waals surface area (Å²) in [4.78, 5) is 16.9. The number of benzene rings is 1. The Morgan fingerprint density at radius 2 is 1.94 bits per heavy atom. The molecular formula is C22H24F3N5O2. The monoisotopic (exact) mass is 447 g/mol. The van der Waals surface area contributed by atoms with Gasteiger partial charge in [0.05, 0.1) is 28.9 Å². The van der Waals surface area contributed by atoms with Gasteiger partial charge in [0.1, 0.15) is 11.3 Å². The Labute approximate surface area is 182 Å². The summed E-state index contributed by atoms with van der Waals surface area (Å²) < 4.78 is 47.4. The summed E-state index contributed by atoms with van der Waals surface area (Å²) in [6, 6.07) is 5.21. The Kier molecular flexibility index (Phi) is 6.31. The van der Waals surface area contributed by atoms with Crippen LogP contribution in [0.4, 0.5) is 24.7 Å². The maximum atomic E-state index is 14.6. The number of ether oxygens (including phenoxy) is 1. The fourth-order valence-corrected chi connectivity index (χ4v) is 3.84. The first-order valence-electron chi connectivity index (χ1n) is 10.4. The molecule has 32 heavy (non-hydrogen) atoms. The molecule has 1 fully saturated rings. The predicted molar refractivity (Wildman–Crippen MR) is 116 cm³/mol. The van der Waals surface area contributed by atoms with Crippen molar-refractivity contribution in [1.29, 1.82) is 0 Å². The van der Waals surface area contributed by atoms with E-state index in [1.165, 1.54) is 19.2 Å². The molecule has 0 aliphatic carbocycles. The quantitative estimate of drug-likeness (QED) is 0.591.